The van der Waals surface area contributed by atoms with E-state index in [9.17, 15) is 0 Å². The van der Waals surface area contributed by atoms with Gasteiger partial charge in [0, 0.05) is 61.2 Å². The molecule has 0 saturated carbocycles. The molecule has 1 aliphatic heterocycles. The first-order chi connectivity index (χ1) is 34.6. The Labute approximate surface area is 464 Å². The first-order valence-corrected chi connectivity index (χ1v) is 26.8. The Morgan fingerprint density at radius 3 is 1.69 bits per heavy atom. The molecule has 3 heterocycles. The minimum atomic E-state index is -0.423. The molecule has 0 spiro atoms. The normalized spacial score (nSPS) is 13.8. The van der Waals surface area contributed by atoms with E-state index in [1.807, 2.05) is 6.20 Å². The van der Waals surface area contributed by atoms with Gasteiger partial charge in [-0.3, -0.25) is 0 Å². The summed E-state index contributed by atoms with van der Waals surface area (Å²) in [7, 11) is 0. The largest absolute Gasteiger partial charge is 0.509 e. The van der Waals surface area contributed by atoms with Crippen LogP contribution in [0, 0.1) is 18.8 Å². The van der Waals surface area contributed by atoms with Crippen molar-refractivity contribution in [3.8, 4) is 17.3 Å². The summed E-state index contributed by atoms with van der Waals surface area (Å²) in [6.45, 7) is 43.6. The predicted molar refractivity (Wildman–Crippen MR) is 314 cm³/mol. The summed E-state index contributed by atoms with van der Waals surface area (Å²) < 4.78 is 9.60. The van der Waals surface area contributed by atoms with E-state index < -0.39 is 5.41 Å². The number of fused-ring (bicyclic) bond motifs is 3. The summed E-state index contributed by atoms with van der Waals surface area (Å²) in [5.41, 5.74) is 15.6. The van der Waals surface area contributed by atoms with Crippen LogP contribution < -0.4 is 14.5 Å². The number of benzene rings is 6. The van der Waals surface area contributed by atoms with E-state index in [1.54, 1.807) is 0 Å². The van der Waals surface area contributed by atoms with Crippen LogP contribution in [0.5, 0.6) is 11.5 Å². The topological polar surface area (TPSA) is 33.5 Å². The van der Waals surface area contributed by atoms with Gasteiger partial charge in [-0.2, -0.15) is 0 Å². The summed E-state index contributed by atoms with van der Waals surface area (Å²) in [5.74, 6) is 2.68. The molecule has 0 bridgehead atoms. The van der Waals surface area contributed by atoms with Gasteiger partial charge < -0.3 is 19.1 Å². The van der Waals surface area contributed by atoms with E-state index in [4.69, 9.17) is 9.72 Å². The Balaban J connectivity index is 0.00000747. The van der Waals surface area contributed by atoms with E-state index in [1.165, 1.54) is 38.9 Å². The van der Waals surface area contributed by atoms with Crippen molar-refractivity contribution >= 4 is 38.9 Å². The first kappa shape index (κ1) is 55.3. The molecule has 0 aliphatic carbocycles. The van der Waals surface area contributed by atoms with Crippen LogP contribution in [0.2, 0.25) is 0 Å². The molecular weight excluding hydrogens is 1100 g/mol. The second-order valence-electron chi connectivity index (χ2n) is 26.0. The minimum Gasteiger partial charge on any atom is -0.509 e. The smallest absolute Gasteiger partial charge is 0.135 e. The number of hydrogen-bond acceptors (Lipinski definition) is 4. The van der Waals surface area contributed by atoms with Crippen LogP contribution in [0.25, 0.3) is 33.3 Å². The molecule has 0 unspecified atom stereocenters. The van der Waals surface area contributed by atoms with Gasteiger partial charge in [-0.1, -0.05) is 208 Å². The van der Waals surface area contributed by atoms with Gasteiger partial charge in [-0.25, -0.2) is 4.98 Å². The molecule has 0 amide bonds. The van der Waals surface area contributed by atoms with E-state index >= 15 is 0 Å². The average molecular weight is 1180 g/mol. The number of anilines is 2. The molecule has 6 heteroatoms. The van der Waals surface area contributed by atoms with Crippen molar-refractivity contribution in [2.75, 3.05) is 9.80 Å². The fourth-order valence-corrected chi connectivity index (χ4v) is 10.5. The predicted octanol–water partition coefficient (Wildman–Crippen LogP) is 18.8. The van der Waals surface area contributed by atoms with Crippen molar-refractivity contribution in [2.45, 2.75) is 164 Å². The number of para-hydroxylation sites is 1. The van der Waals surface area contributed by atoms with Crippen molar-refractivity contribution < 1.29 is 25.8 Å². The van der Waals surface area contributed by atoms with E-state index in [0.717, 1.165) is 55.8 Å². The monoisotopic (exact) mass is 1170 g/mol. The maximum absolute atomic E-state index is 7.32. The fourth-order valence-electron chi connectivity index (χ4n) is 10.5. The van der Waals surface area contributed by atoms with Crippen LogP contribution in [-0.4, -0.2) is 9.55 Å². The zero-order valence-electron chi connectivity index (χ0n) is 47.9. The molecule has 5 nitrogen and oxygen atoms in total. The molecule has 8 aromatic rings. The number of ether oxygens (including phenoxy) is 1. The number of rotatable bonds is 10. The van der Waals surface area contributed by atoms with Gasteiger partial charge in [-0.05, 0) is 114 Å². The second kappa shape index (κ2) is 20.2. The third kappa shape index (κ3) is 10.9. The Hall–Kier alpha value is -5.90. The summed E-state index contributed by atoms with van der Waals surface area (Å²) in [6, 6.07) is 52.3. The van der Waals surface area contributed by atoms with Crippen molar-refractivity contribution in [1.29, 1.82) is 0 Å². The van der Waals surface area contributed by atoms with Crippen LogP contribution in [0.1, 0.15) is 187 Å². The van der Waals surface area contributed by atoms with E-state index in [-0.39, 0.29) is 42.7 Å². The molecule has 1 aliphatic rings. The summed E-state index contributed by atoms with van der Waals surface area (Å²) >= 11 is 0. The van der Waals surface area contributed by atoms with E-state index in [0.29, 0.717) is 23.3 Å². The van der Waals surface area contributed by atoms with Gasteiger partial charge in [-0.15, -0.1) is 53.8 Å². The third-order valence-electron chi connectivity index (χ3n) is 15.2. The maximum Gasteiger partial charge on any atom is 0.135 e. The Kier molecular flexibility index (Phi) is 14.9. The first-order valence-electron chi connectivity index (χ1n) is 26.8. The Bertz CT molecular complexity index is 3360. The van der Waals surface area contributed by atoms with Crippen LogP contribution in [0.4, 0.5) is 11.4 Å². The van der Waals surface area contributed by atoms with Gasteiger partial charge in [0.15, 0.2) is 0 Å². The van der Waals surface area contributed by atoms with Crippen LogP contribution in [-0.2, 0) is 48.1 Å². The SMILES string of the molecule is CC(C)c1cccc(C(C)C)c1C1=CN(c2cc(C(C)(C)C)cc(C(C)(C)C)c2)[CH-]N1c1[c-]c(Oc2[c-]c3c(c(C(C)(C)c4ccccc4)c2)c2ccccc2n3-c2cc(C(C)(C)C)ccn2)cc(C(C)(C)C)c1.[Pt]. The summed E-state index contributed by atoms with van der Waals surface area (Å²) in [4.78, 5) is 9.75. The standard InChI is InChI=1S/C69H79N4O.Pt/c1-44(2)55-28-24-29-56(45(3)4)63(55)61-42-71(51-34-48(66(8,9)10)33-49(35-51)67(11,12)13)43-72(61)52-36-50(68(14,15)16)37-53(39-52)74-54-40-58(69(17,18)46-25-20-19-21-26-46)64-57-27-22-23-30-59(57)73(60(64)41-54)62-38-47(31-32-70-62)65(5,6)7;/h19-38,40,42-45H,1-18H3;/q-3;. The molecule has 9 rings (SSSR count). The molecule has 6 aromatic carbocycles. The zero-order chi connectivity index (χ0) is 53.4. The molecule has 75 heavy (non-hydrogen) atoms. The fraction of sp³-hybridized carbons (Fsp3) is 0.362. The zero-order valence-corrected chi connectivity index (χ0v) is 50.2. The van der Waals surface area contributed by atoms with Gasteiger partial charge in [0.05, 0.1) is 0 Å². The van der Waals surface area contributed by atoms with Gasteiger partial charge in [0.1, 0.15) is 5.82 Å². The number of nitrogens with zero attached hydrogens (tertiary/aromatic N) is 4. The summed E-state index contributed by atoms with van der Waals surface area (Å²) in [6.07, 6.45) is 4.29. The molecule has 0 saturated heterocycles. The van der Waals surface area contributed by atoms with Crippen LogP contribution in [0.15, 0.2) is 134 Å². The van der Waals surface area contributed by atoms with Crippen molar-refractivity contribution in [3.05, 3.63) is 203 Å². The molecule has 2 aromatic heterocycles. The van der Waals surface area contributed by atoms with Crippen molar-refractivity contribution in [1.82, 2.24) is 9.55 Å². The maximum atomic E-state index is 7.32. The second-order valence-corrected chi connectivity index (χ2v) is 26.0. The molecule has 0 fully saturated rings. The minimum absolute atomic E-state index is 0. The van der Waals surface area contributed by atoms with Crippen molar-refractivity contribution in [3.63, 3.8) is 0 Å². The number of pyridine rings is 1. The average Bonchev–Trinajstić information content (AvgIpc) is 3.93. The van der Waals surface area contributed by atoms with Crippen molar-refractivity contribution in [2.24, 2.45) is 0 Å². The Morgan fingerprint density at radius 2 is 1.11 bits per heavy atom. The van der Waals surface area contributed by atoms with Gasteiger partial charge in [0.2, 0.25) is 0 Å². The Morgan fingerprint density at radius 1 is 0.547 bits per heavy atom. The van der Waals surface area contributed by atoms with E-state index in [2.05, 4.69) is 285 Å². The molecule has 0 atom stereocenters. The number of hydrogen-bond donors (Lipinski definition) is 0. The summed E-state index contributed by atoms with van der Waals surface area (Å²) in [5, 5.41) is 2.28. The molecule has 0 N–H and O–H groups in total. The van der Waals surface area contributed by atoms with Gasteiger partial charge in [0.25, 0.3) is 0 Å². The molecular formula is C69H79N4OPt-3. The molecule has 394 valence electrons. The van der Waals surface area contributed by atoms with Crippen LogP contribution >= 0.6 is 0 Å². The van der Waals surface area contributed by atoms with Crippen LogP contribution in [0.3, 0.4) is 0 Å². The van der Waals surface area contributed by atoms with Gasteiger partial charge >= 0.3 is 0 Å². The number of aromatic nitrogens is 2. The quantitative estimate of drug-likeness (QED) is 0.128. The third-order valence-corrected chi connectivity index (χ3v) is 15.2. The molecule has 0 radical (unpaired) electrons.